The number of hydrogen-bond donors (Lipinski definition) is 1. The lowest BCUT2D eigenvalue weighted by Gasteiger charge is -2.25. The minimum Gasteiger partial charge on any atom is -0.303 e. The molecule has 2 heteroatoms. The Morgan fingerprint density at radius 1 is 0.950 bits per heavy atom. The van der Waals surface area contributed by atoms with Gasteiger partial charge in [0.05, 0.1) is 0 Å². The minimum atomic E-state index is 0.299. The zero-order chi connectivity index (χ0) is 14.4. The van der Waals surface area contributed by atoms with Crippen LogP contribution in [0.2, 0.25) is 0 Å². The fourth-order valence-corrected chi connectivity index (χ4v) is 2.49. The van der Waals surface area contributed by atoms with Crippen LogP contribution in [-0.4, -0.2) is 4.98 Å². The van der Waals surface area contributed by atoms with Gasteiger partial charge in [-0.2, -0.15) is 0 Å². The van der Waals surface area contributed by atoms with E-state index in [9.17, 15) is 0 Å². The third-order valence-electron chi connectivity index (χ3n) is 3.54. The standard InChI is InChI=1S/C18H24N2/c1-14(2)12-18(16-8-5-4-6-9-16)20-15(3)17-10-7-11-19-13-17/h4-11,13-15,18,20H,12H2,1-3H3/t15-,18?/m1/s1. The van der Waals surface area contributed by atoms with Crippen LogP contribution in [0.25, 0.3) is 0 Å². The van der Waals surface area contributed by atoms with Crippen molar-refractivity contribution in [3.05, 3.63) is 66.0 Å². The molecule has 1 N–H and O–H groups in total. The lowest BCUT2D eigenvalue weighted by atomic mass is 9.95. The second-order valence-corrected chi connectivity index (χ2v) is 5.77. The summed E-state index contributed by atoms with van der Waals surface area (Å²) in [5, 5.41) is 3.74. The van der Waals surface area contributed by atoms with Gasteiger partial charge in [0.1, 0.15) is 0 Å². The first-order valence-electron chi connectivity index (χ1n) is 7.37. The molecule has 0 radical (unpaired) electrons. The molecule has 0 saturated heterocycles. The maximum absolute atomic E-state index is 4.21. The lowest BCUT2D eigenvalue weighted by Crippen LogP contribution is -2.26. The highest BCUT2D eigenvalue weighted by Crippen LogP contribution is 2.24. The lowest BCUT2D eigenvalue weighted by molar-refractivity contribution is 0.394. The highest BCUT2D eigenvalue weighted by Gasteiger charge is 2.16. The van der Waals surface area contributed by atoms with Gasteiger partial charge in [-0.15, -0.1) is 0 Å². The van der Waals surface area contributed by atoms with Crippen molar-refractivity contribution >= 4 is 0 Å². The summed E-state index contributed by atoms with van der Waals surface area (Å²) in [5.41, 5.74) is 2.59. The number of hydrogen-bond acceptors (Lipinski definition) is 2. The summed E-state index contributed by atoms with van der Waals surface area (Å²) in [4.78, 5) is 4.21. The van der Waals surface area contributed by atoms with Crippen molar-refractivity contribution in [2.24, 2.45) is 5.92 Å². The summed E-state index contributed by atoms with van der Waals surface area (Å²) in [7, 11) is 0. The molecule has 0 aliphatic carbocycles. The van der Waals surface area contributed by atoms with Crippen molar-refractivity contribution in [3.63, 3.8) is 0 Å². The summed E-state index contributed by atoms with van der Waals surface area (Å²) < 4.78 is 0. The van der Waals surface area contributed by atoms with Crippen LogP contribution in [0, 0.1) is 5.92 Å². The average molecular weight is 268 g/mol. The molecule has 0 fully saturated rings. The molecule has 0 spiro atoms. The molecule has 2 atom stereocenters. The van der Waals surface area contributed by atoms with Crippen molar-refractivity contribution in [3.8, 4) is 0 Å². The predicted molar refractivity (Wildman–Crippen MR) is 84.4 cm³/mol. The van der Waals surface area contributed by atoms with E-state index in [-0.39, 0.29) is 0 Å². The van der Waals surface area contributed by atoms with Crippen LogP contribution in [0.5, 0.6) is 0 Å². The Hall–Kier alpha value is -1.67. The molecule has 20 heavy (non-hydrogen) atoms. The second-order valence-electron chi connectivity index (χ2n) is 5.77. The van der Waals surface area contributed by atoms with Crippen molar-refractivity contribution < 1.29 is 0 Å². The molecule has 2 rings (SSSR count). The Bertz CT molecular complexity index is 493. The maximum atomic E-state index is 4.21. The van der Waals surface area contributed by atoms with E-state index in [4.69, 9.17) is 0 Å². The van der Waals surface area contributed by atoms with Crippen LogP contribution in [0.3, 0.4) is 0 Å². The van der Waals surface area contributed by atoms with E-state index in [0.29, 0.717) is 18.0 Å². The van der Waals surface area contributed by atoms with E-state index in [0.717, 1.165) is 6.42 Å². The molecule has 106 valence electrons. The third-order valence-corrected chi connectivity index (χ3v) is 3.54. The number of benzene rings is 1. The highest BCUT2D eigenvalue weighted by atomic mass is 14.9. The van der Waals surface area contributed by atoms with Crippen molar-refractivity contribution in [1.82, 2.24) is 10.3 Å². The topological polar surface area (TPSA) is 24.9 Å². The van der Waals surface area contributed by atoms with E-state index >= 15 is 0 Å². The molecule has 0 aliphatic heterocycles. The summed E-state index contributed by atoms with van der Waals surface area (Å²) in [6.07, 6.45) is 4.89. The van der Waals surface area contributed by atoms with E-state index in [1.807, 2.05) is 18.5 Å². The first-order chi connectivity index (χ1) is 9.66. The highest BCUT2D eigenvalue weighted by molar-refractivity contribution is 5.20. The molecule has 0 aliphatic rings. The van der Waals surface area contributed by atoms with Gasteiger partial charge in [-0.1, -0.05) is 50.2 Å². The Balaban J connectivity index is 2.12. The van der Waals surface area contributed by atoms with E-state index in [1.54, 1.807) is 0 Å². The molecule has 1 unspecified atom stereocenters. The van der Waals surface area contributed by atoms with Gasteiger partial charge in [0.15, 0.2) is 0 Å². The fraction of sp³-hybridized carbons (Fsp3) is 0.389. The van der Waals surface area contributed by atoms with Crippen LogP contribution in [0.4, 0.5) is 0 Å². The molecule has 1 aromatic heterocycles. The number of nitrogens with zero attached hydrogens (tertiary/aromatic N) is 1. The minimum absolute atomic E-state index is 0.299. The molecule has 0 amide bonds. The monoisotopic (exact) mass is 268 g/mol. The average Bonchev–Trinajstić information content (AvgIpc) is 2.48. The summed E-state index contributed by atoms with van der Waals surface area (Å²) in [6, 6.07) is 15.5. The largest absolute Gasteiger partial charge is 0.303 e. The molecule has 0 bridgehead atoms. The number of rotatable bonds is 6. The Morgan fingerprint density at radius 2 is 1.65 bits per heavy atom. The van der Waals surface area contributed by atoms with Gasteiger partial charge in [0.25, 0.3) is 0 Å². The molecule has 1 heterocycles. The van der Waals surface area contributed by atoms with Gasteiger partial charge < -0.3 is 5.32 Å². The van der Waals surface area contributed by atoms with Crippen molar-refractivity contribution in [2.75, 3.05) is 0 Å². The molecular weight excluding hydrogens is 244 g/mol. The molecule has 2 nitrogen and oxygen atoms in total. The third kappa shape index (κ3) is 4.17. The first kappa shape index (κ1) is 14.7. The zero-order valence-electron chi connectivity index (χ0n) is 12.6. The smallest absolute Gasteiger partial charge is 0.0328 e. The summed E-state index contributed by atoms with van der Waals surface area (Å²) in [6.45, 7) is 6.74. The van der Waals surface area contributed by atoms with Crippen LogP contribution in [-0.2, 0) is 0 Å². The zero-order valence-corrected chi connectivity index (χ0v) is 12.6. The molecule has 0 saturated carbocycles. The van der Waals surface area contributed by atoms with Crippen LogP contribution >= 0.6 is 0 Å². The summed E-state index contributed by atoms with van der Waals surface area (Å²) in [5.74, 6) is 0.661. The molecule has 2 aromatic rings. The van der Waals surface area contributed by atoms with Gasteiger partial charge in [0.2, 0.25) is 0 Å². The van der Waals surface area contributed by atoms with Crippen LogP contribution in [0.1, 0.15) is 50.4 Å². The van der Waals surface area contributed by atoms with Gasteiger partial charge in [0, 0.05) is 24.5 Å². The van der Waals surface area contributed by atoms with Crippen molar-refractivity contribution in [1.29, 1.82) is 0 Å². The first-order valence-corrected chi connectivity index (χ1v) is 7.37. The Morgan fingerprint density at radius 3 is 2.25 bits per heavy atom. The molecular formula is C18H24N2. The normalized spacial score (nSPS) is 14.2. The van der Waals surface area contributed by atoms with Crippen molar-refractivity contribution in [2.45, 2.75) is 39.3 Å². The maximum Gasteiger partial charge on any atom is 0.0328 e. The van der Waals surface area contributed by atoms with Gasteiger partial charge in [-0.05, 0) is 36.5 Å². The van der Waals surface area contributed by atoms with E-state index < -0.39 is 0 Å². The molecule has 1 aromatic carbocycles. The van der Waals surface area contributed by atoms with E-state index in [2.05, 4.69) is 67.5 Å². The number of aromatic nitrogens is 1. The van der Waals surface area contributed by atoms with Gasteiger partial charge in [-0.25, -0.2) is 0 Å². The summed E-state index contributed by atoms with van der Waals surface area (Å²) >= 11 is 0. The Labute approximate surface area is 122 Å². The van der Waals surface area contributed by atoms with Gasteiger partial charge >= 0.3 is 0 Å². The van der Waals surface area contributed by atoms with Crippen LogP contribution < -0.4 is 5.32 Å². The number of pyridine rings is 1. The predicted octanol–water partition coefficient (Wildman–Crippen LogP) is 4.52. The Kier molecular flexibility index (Phi) is 5.31. The van der Waals surface area contributed by atoms with Gasteiger partial charge in [-0.3, -0.25) is 4.98 Å². The number of nitrogens with one attached hydrogen (secondary N) is 1. The second kappa shape index (κ2) is 7.20. The van der Waals surface area contributed by atoms with E-state index in [1.165, 1.54) is 11.1 Å². The fourth-order valence-electron chi connectivity index (χ4n) is 2.49. The SMILES string of the molecule is CC(C)CC(N[C@H](C)c1cccnc1)c1ccccc1. The van der Waals surface area contributed by atoms with Crippen LogP contribution in [0.15, 0.2) is 54.9 Å². The quantitative estimate of drug-likeness (QED) is 0.833.